The Balaban J connectivity index is 2.03. The first-order valence-electron chi connectivity index (χ1n) is 8.31. The molecule has 1 atom stereocenters. The minimum Gasteiger partial charge on any atom is -0.354 e. The Hall–Kier alpha value is -2.27. The van der Waals surface area contributed by atoms with Crippen LogP contribution in [0, 0.1) is 11.3 Å². The van der Waals surface area contributed by atoms with Gasteiger partial charge in [0.1, 0.15) is 16.7 Å². The summed E-state index contributed by atoms with van der Waals surface area (Å²) >= 11 is 10.5. The van der Waals surface area contributed by atoms with Crippen molar-refractivity contribution in [3.05, 3.63) is 74.2 Å². The van der Waals surface area contributed by atoms with Crippen LogP contribution in [0.1, 0.15) is 5.56 Å². The number of halogens is 2. The number of rotatable bonds is 4. The van der Waals surface area contributed by atoms with Crippen LogP contribution in [-0.2, 0) is 16.0 Å². The molecule has 2 aromatic rings. The minimum atomic E-state index is -0.521. The number of hydrogen-bond acceptors (Lipinski definition) is 4. The zero-order chi connectivity index (χ0) is 20.3. The highest BCUT2D eigenvalue weighted by Crippen LogP contribution is 2.42. The monoisotopic (exact) mass is 475 g/mol. The number of carbonyl (C=O) groups is 2. The molecule has 0 aliphatic carbocycles. The molecule has 28 heavy (non-hydrogen) atoms. The van der Waals surface area contributed by atoms with Crippen molar-refractivity contribution in [2.24, 2.45) is 0 Å². The van der Waals surface area contributed by atoms with Crippen LogP contribution in [0.5, 0.6) is 0 Å². The third-order valence-corrected chi connectivity index (χ3v) is 6.20. The molecule has 5 nitrogen and oxygen atoms in total. The van der Waals surface area contributed by atoms with E-state index in [0.717, 1.165) is 10.0 Å². The third kappa shape index (κ3) is 4.25. The first-order valence-corrected chi connectivity index (χ1v) is 10.4. The Morgan fingerprint density at radius 3 is 2.46 bits per heavy atom. The molecule has 0 bridgehead atoms. The summed E-state index contributed by atoms with van der Waals surface area (Å²) in [6.45, 7) is 0. The smallest absolute Gasteiger partial charge is 0.264 e. The van der Waals surface area contributed by atoms with Crippen LogP contribution in [0.3, 0.4) is 0 Å². The van der Waals surface area contributed by atoms with Gasteiger partial charge in [0.05, 0.1) is 5.25 Å². The molecular weight excluding hydrogens is 462 g/mol. The fourth-order valence-electron chi connectivity index (χ4n) is 2.77. The Morgan fingerprint density at radius 1 is 1.25 bits per heavy atom. The number of benzene rings is 2. The summed E-state index contributed by atoms with van der Waals surface area (Å²) in [7, 11) is 1.46. The van der Waals surface area contributed by atoms with Gasteiger partial charge in [0.2, 0.25) is 5.91 Å². The van der Waals surface area contributed by atoms with Crippen molar-refractivity contribution in [3.8, 4) is 6.07 Å². The van der Waals surface area contributed by atoms with Crippen molar-refractivity contribution in [3.63, 3.8) is 0 Å². The molecule has 1 fully saturated rings. The van der Waals surface area contributed by atoms with E-state index in [4.69, 9.17) is 11.6 Å². The molecule has 0 saturated carbocycles. The SMILES string of the molecule is CNC(=O)/C(C#N)=C1\S[C@H](Cc2ccc(Cl)cc2)C(=O)N1c1ccc(Br)cc1. The maximum atomic E-state index is 13.2. The van der Waals surface area contributed by atoms with Gasteiger partial charge >= 0.3 is 0 Å². The quantitative estimate of drug-likeness (QED) is 0.528. The van der Waals surface area contributed by atoms with Gasteiger partial charge in [-0.3, -0.25) is 14.5 Å². The van der Waals surface area contributed by atoms with E-state index in [0.29, 0.717) is 22.2 Å². The lowest BCUT2D eigenvalue weighted by Gasteiger charge is -2.18. The van der Waals surface area contributed by atoms with Crippen molar-refractivity contribution < 1.29 is 9.59 Å². The molecule has 3 rings (SSSR count). The average molecular weight is 477 g/mol. The highest BCUT2D eigenvalue weighted by molar-refractivity contribution is 9.10. The van der Waals surface area contributed by atoms with Crippen LogP contribution in [0.15, 0.2) is 63.6 Å². The molecule has 1 saturated heterocycles. The normalized spacial score (nSPS) is 18.0. The molecule has 142 valence electrons. The maximum absolute atomic E-state index is 13.2. The largest absolute Gasteiger partial charge is 0.354 e. The van der Waals surface area contributed by atoms with E-state index in [9.17, 15) is 14.9 Å². The van der Waals surface area contributed by atoms with Gasteiger partial charge in [0.25, 0.3) is 5.91 Å². The van der Waals surface area contributed by atoms with Gasteiger partial charge in [0, 0.05) is 22.2 Å². The predicted molar refractivity (Wildman–Crippen MR) is 115 cm³/mol. The topological polar surface area (TPSA) is 73.2 Å². The second kappa shape index (κ2) is 8.82. The minimum absolute atomic E-state index is 0.0811. The molecule has 0 spiro atoms. The molecule has 0 radical (unpaired) electrons. The fourth-order valence-corrected chi connectivity index (χ4v) is 4.47. The second-order valence-corrected chi connectivity index (χ2v) is 8.50. The van der Waals surface area contributed by atoms with Gasteiger partial charge < -0.3 is 5.32 Å². The summed E-state index contributed by atoms with van der Waals surface area (Å²) in [5.74, 6) is -0.694. The zero-order valence-electron chi connectivity index (χ0n) is 14.8. The molecule has 8 heteroatoms. The van der Waals surface area contributed by atoms with Crippen LogP contribution < -0.4 is 10.2 Å². The summed E-state index contributed by atoms with van der Waals surface area (Å²) in [5, 5.41) is 12.5. The van der Waals surface area contributed by atoms with Crippen molar-refractivity contribution in [1.82, 2.24) is 5.32 Å². The molecule has 0 aromatic heterocycles. The van der Waals surface area contributed by atoms with Gasteiger partial charge in [-0.25, -0.2) is 0 Å². The third-order valence-electron chi connectivity index (χ3n) is 4.15. The highest BCUT2D eigenvalue weighted by Gasteiger charge is 2.40. The molecule has 1 aliphatic rings. The molecule has 2 aromatic carbocycles. The molecule has 1 N–H and O–H groups in total. The number of nitriles is 1. The van der Waals surface area contributed by atoms with E-state index < -0.39 is 11.2 Å². The molecule has 1 heterocycles. The van der Waals surface area contributed by atoms with E-state index in [1.54, 1.807) is 24.3 Å². The van der Waals surface area contributed by atoms with Crippen LogP contribution in [0.4, 0.5) is 5.69 Å². The number of likely N-dealkylation sites (N-methyl/N-ethyl adjacent to an activating group) is 1. The number of nitrogens with one attached hydrogen (secondary N) is 1. The van der Waals surface area contributed by atoms with E-state index in [1.165, 1.54) is 23.7 Å². The zero-order valence-corrected chi connectivity index (χ0v) is 17.9. The lowest BCUT2D eigenvalue weighted by Crippen LogP contribution is -2.31. The van der Waals surface area contributed by atoms with E-state index in [1.807, 2.05) is 30.3 Å². The average Bonchev–Trinajstić information content (AvgIpc) is 3.00. The summed E-state index contributed by atoms with van der Waals surface area (Å²) < 4.78 is 0.866. The first kappa shape index (κ1) is 20.5. The summed E-state index contributed by atoms with van der Waals surface area (Å²) in [5.41, 5.74) is 1.47. The molecule has 1 aliphatic heterocycles. The van der Waals surface area contributed by atoms with Crippen LogP contribution in [0.25, 0.3) is 0 Å². The van der Waals surface area contributed by atoms with Gasteiger partial charge in [-0.1, -0.05) is 51.4 Å². The highest BCUT2D eigenvalue weighted by atomic mass is 79.9. The van der Waals surface area contributed by atoms with Crippen molar-refractivity contribution in [1.29, 1.82) is 5.26 Å². The Bertz CT molecular complexity index is 984. The predicted octanol–water partition coefficient (Wildman–Crippen LogP) is 4.27. The number of anilines is 1. The first-order chi connectivity index (χ1) is 13.4. The van der Waals surface area contributed by atoms with Crippen molar-refractivity contribution >= 4 is 56.8 Å². The van der Waals surface area contributed by atoms with Crippen LogP contribution >= 0.6 is 39.3 Å². The maximum Gasteiger partial charge on any atom is 0.264 e. The lowest BCUT2D eigenvalue weighted by atomic mass is 10.1. The number of hydrogen-bond donors (Lipinski definition) is 1. The second-order valence-electron chi connectivity index (χ2n) is 5.96. The Morgan fingerprint density at radius 2 is 1.89 bits per heavy atom. The fraction of sp³-hybridized carbons (Fsp3) is 0.150. The molecule has 0 unspecified atom stereocenters. The van der Waals surface area contributed by atoms with E-state index in [2.05, 4.69) is 21.2 Å². The Kier molecular flexibility index (Phi) is 6.45. The number of nitrogens with zero attached hydrogens (tertiary/aromatic N) is 2. The van der Waals surface area contributed by atoms with Gasteiger partial charge in [0.15, 0.2) is 0 Å². The van der Waals surface area contributed by atoms with Gasteiger partial charge in [-0.2, -0.15) is 5.26 Å². The number of carbonyl (C=O) groups excluding carboxylic acids is 2. The summed E-state index contributed by atoms with van der Waals surface area (Å²) in [6, 6.07) is 16.4. The van der Waals surface area contributed by atoms with Crippen LogP contribution in [0.2, 0.25) is 5.02 Å². The van der Waals surface area contributed by atoms with Crippen molar-refractivity contribution in [2.45, 2.75) is 11.7 Å². The molecule has 2 amide bonds. The van der Waals surface area contributed by atoms with Gasteiger partial charge in [-0.15, -0.1) is 0 Å². The number of thioether (sulfide) groups is 1. The van der Waals surface area contributed by atoms with Gasteiger partial charge in [-0.05, 0) is 48.4 Å². The van der Waals surface area contributed by atoms with E-state index in [-0.39, 0.29) is 11.5 Å². The van der Waals surface area contributed by atoms with E-state index >= 15 is 0 Å². The van der Waals surface area contributed by atoms with Crippen molar-refractivity contribution in [2.75, 3.05) is 11.9 Å². The number of amides is 2. The summed E-state index contributed by atoms with van der Waals surface area (Å²) in [6.07, 6.45) is 0.462. The lowest BCUT2D eigenvalue weighted by molar-refractivity contribution is -0.117. The summed E-state index contributed by atoms with van der Waals surface area (Å²) in [4.78, 5) is 26.9. The van der Waals surface area contributed by atoms with Crippen LogP contribution in [-0.4, -0.2) is 24.1 Å². The Labute approximate surface area is 180 Å². The molecular formula is C20H15BrClN3O2S. The standard InChI is InChI=1S/C20H15BrClN3O2S/c1-24-18(26)16(11-23)20-25(15-8-4-13(21)5-9-15)19(27)17(28-20)10-12-2-6-14(22)7-3-12/h2-9,17H,10H2,1H3,(H,24,26)/b20-16-/t17-/m1/s1.